The second kappa shape index (κ2) is 7.76. The van der Waals surface area contributed by atoms with Crippen LogP contribution in [0.1, 0.15) is 22.3 Å². The van der Waals surface area contributed by atoms with Gasteiger partial charge in [-0.1, -0.05) is 11.8 Å². The van der Waals surface area contributed by atoms with Crippen molar-refractivity contribution < 1.29 is 17.6 Å². The number of carbonyl (C=O) groups excluding carboxylic acids is 1. The molecule has 114 valence electrons. The smallest absolute Gasteiger partial charge is 0.251 e. The first-order valence-electron chi connectivity index (χ1n) is 6.28. The lowest BCUT2D eigenvalue weighted by Crippen LogP contribution is -2.26. The molecule has 1 aromatic carbocycles. The van der Waals surface area contributed by atoms with Crippen LogP contribution in [0.2, 0.25) is 0 Å². The Labute approximate surface area is 123 Å². The third kappa shape index (κ3) is 6.38. The highest BCUT2D eigenvalue weighted by atomic mass is 32.2. The second-order valence-corrected chi connectivity index (χ2v) is 6.70. The summed E-state index contributed by atoms with van der Waals surface area (Å²) in [6.07, 6.45) is 1.44. The normalized spacial score (nSPS) is 10.6. The van der Waals surface area contributed by atoms with Crippen LogP contribution in [0.5, 0.6) is 0 Å². The number of benzene rings is 1. The zero-order valence-corrected chi connectivity index (χ0v) is 12.5. The van der Waals surface area contributed by atoms with Crippen molar-refractivity contribution in [2.24, 2.45) is 5.73 Å². The summed E-state index contributed by atoms with van der Waals surface area (Å²) in [5.74, 6) is 4.03. The summed E-state index contributed by atoms with van der Waals surface area (Å²) in [7, 11) is -3.04. The maximum atomic E-state index is 13.7. The summed E-state index contributed by atoms with van der Waals surface area (Å²) in [5, 5.41) is 2.54. The molecule has 21 heavy (non-hydrogen) atoms. The van der Waals surface area contributed by atoms with Crippen LogP contribution < -0.4 is 11.1 Å². The Morgan fingerprint density at radius 1 is 1.43 bits per heavy atom. The molecule has 1 amide bonds. The Balaban J connectivity index is 2.61. The van der Waals surface area contributed by atoms with Crippen LogP contribution in [0.4, 0.5) is 4.39 Å². The van der Waals surface area contributed by atoms with E-state index in [0.29, 0.717) is 6.42 Å². The number of rotatable bonds is 5. The monoisotopic (exact) mass is 312 g/mol. The number of hydrogen-bond acceptors (Lipinski definition) is 4. The Hall–Kier alpha value is -1.91. The molecule has 0 radical (unpaired) electrons. The fourth-order valence-electron chi connectivity index (χ4n) is 1.54. The van der Waals surface area contributed by atoms with Gasteiger partial charge in [-0.2, -0.15) is 0 Å². The van der Waals surface area contributed by atoms with Gasteiger partial charge in [0.05, 0.1) is 17.9 Å². The predicted molar refractivity (Wildman–Crippen MR) is 79.0 cm³/mol. The molecule has 1 aromatic rings. The van der Waals surface area contributed by atoms with E-state index >= 15 is 0 Å². The minimum Gasteiger partial charge on any atom is -0.352 e. The Bertz CT molecular complexity index is 675. The first-order chi connectivity index (χ1) is 9.83. The third-order valence-electron chi connectivity index (χ3n) is 2.53. The minimum absolute atomic E-state index is 0.00471. The van der Waals surface area contributed by atoms with Crippen LogP contribution in [-0.4, -0.2) is 39.4 Å². The van der Waals surface area contributed by atoms with Crippen molar-refractivity contribution in [2.45, 2.75) is 6.42 Å². The quantitative estimate of drug-likeness (QED) is 0.604. The summed E-state index contributed by atoms with van der Waals surface area (Å²) in [5.41, 5.74) is 5.53. The van der Waals surface area contributed by atoms with E-state index in [1.54, 1.807) is 0 Å². The molecule has 0 aliphatic carbocycles. The lowest BCUT2D eigenvalue weighted by Gasteiger charge is -2.05. The average molecular weight is 312 g/mol. The molecule has 0 spiro atoms. The number of carbonyl (C=O) groups is 1. The van der Waals surface area contributed by atoms with E-state index in [1.807, 2.05) is 0 Å². The molecule has 0 heterocycles. The van der Waals surface area contributed by atoms with Gasteiger partial charge in [0, 0.05) is 18.4 Å². The zero-order chi connectivity index (χ0) is 15.9. The van der Waals surface area contributed by atoms with Gasteiger partial charge in [0.15, 0.2) is 0 Å². The number of nitrogens with one attached hydrogen (secondary N) is 1. The molecule has 0 aliphatic heterocycles. The highest BCUT2D eigenvalue weighted by molar-refractivity contribution is 7.90. The molecule has 5 nitrogen and oxygen atoms in total. The van der Waals surface area contributed by atoms with Gasteiger partial charge >= 0.3 is 0 Å². The van der Waals surface area contributed by atoms with Crippen LogP contribution in [0.15, 0.2) is 18.2 Å². The van der Waals surface area contributed by atoms with Crippen LogP contribution in [-0.2, 0) is 9.84 Å². The fourth-order valence-corrected chi connectivity index (χ4v) is 2.21. The van der Waals surface area contributed by atoms with E-state index in [2.05, 4.69) is 17.2 Å². The molecule has 0 fully saturated rings. The highest BCUT2D eigenvalue weighted by Gasteiger charge is 2.09. The standard InChI is InChI=1S/C14H17FN2O3S/c1-21(19,20)9-3-8-17-14(18)12-6-5-11(4-2-7-16)13(15)10-12/h5-6,10H,3,7-9,16H2,1H3,(H,17,18). The lowest BCUT2D eigenvalue weighted by molar-refractivity contribution is 0.0953. The number of halogens is 1. The average Bonchev–Trinajstić information content (AvgIpc) is 2.41. The molecule has 0 saturated heterocycles. The van der Waals surface area contributed by atoms with Gasteiger partial charge in [0.1, 0.15) is 15.7 Å². The van der Waals surface area contributed by atoms with Crippen molar-refractivity contribution in [1.29, 1.82) is 0 Å². The number of nitrogens with two attached hydrogens (primary N) is 1. The topological polar surface area (TPSA) is 89.3 Å². The molecule has 0 bridgehead atoms. The van der Waals surface area contributed by atoms with E-state index in [4.69, 9.17) is 5.73 Å². The summed E-state index contributed by atoms with van der Waals surface area (Å²) in [6.45, 7) is 0.338. The molecule has 0 aromatic heterocycles. The van der Waals surface area contributed by atoms with E-state index in [1.165, 1.54) is 12.1 Å². The molecular formula is C14H17FN2O3S. The van der Waals surface area contributed by atoms with Crippen LogP contribution >= 0.6 is 0 Å². The predicted octanol–water partition coefficient (Wildman–Crippen LogP) is 0.300. The van der Waals surface area contributed by atoms with Crippen LogP contribution in [0.3, 0.4) is 0 Å². The summed E-state index contributed by atoms with van der Waals surface area (Å²) in [6, 6.07) is 3.95. The van der Waals surface area contributed by atoms with Crippen molar-refractivity contribution in [1.82, 2.24) is 5.32 Å². The van der Waals surface area contributed by atoms with Gasteiger partial charge in [-0.15, -0.1) is 0 Å². The molecule has 0 unspecified atom stereocenters. The first-order valence-corrected chi connectivity index (χ1v) is 8.34. The van der Waals surface area contributed by atoms with Gasteiger partial charge in [-0.05, 0) is 24.6 Å². The van der Waals surface area contributed by atoms with E-state index in [0.717, 1.165) is 12.3 Å². The van der Waals surface area contributed by atoms with Crippen molar-refractivity contribution in [2.75, 3.05) is 25.1 Å². The Kier molecular flexibility index (Phi) is 6.34. The second-order valence-electron chi connectivity index (χ2n) is 4.44. The summed E-state index contributed by atoms with van der Waals surface area (Å²) in [4.78, 5) is 11.8. The van der Waals surface area contributed by atoms with Crippen molar-refractivity contribution >= 4 is 15.7 Å². The van der Waals surface area contributed by atoms with Gasteiger partial charge < -0.3 is 11.1 Å². The maximum Gasteiger partial charge on any atom is 0.251 e. The van der Waals surface area contributed by atoms with Gasteiger partial charge in [-0.25, -0.2) is 12.8 Å². The van der Waals surface area contributed by atoms with E-state index < -0.39 is 21.6 Å². The molecule has 7 heteroatoms. The Morgan fingerprint density at radius 2 is 2.14 bits per heavy atom. The zero-order valence-electron chi connectivity index (χ0n) is 11.6. The SMILES string of the molecule is CS(=O)(=O)CCCNC(=O)c1ccc(C#CCN)c(F)c1. The molecule has 0 atom stereocenters. The number of amides is 1. The van der Waals surface area contributed by atoms with E-state index in [-0.39, 0.29) is 30.0 Å². The van der Waals surface area contributed by atoms with E-state index in [9.17, 15) is 17.6 Å². The molecule has 3 N–H and O–H groups in total. The summed E-state index contributed by atoms with van der Waals surface area (Å²) >= 11 is 0. The lowest BCUT2D eigenvalue weighted by atomic mass is 10.1. The summed E-state index contributed by atoms with van der Waals surface area (Å²) < 4.78 is 35.5. The van der Waals surface area contributed by atoms with Crippen molar-refractivity contribution in [3.8, 4) is 11.8 Å². The molecule has 1 rings (SSSR count). The first kappa shape index (κ1) is 17.1. The minimum atomic E-state index is -3.04. The third-order valence-corrected chi connectivity index (χ3v) is 3.56. The number of hydrogen-bond donors (Lipinski definition) is 2. The van der Waals surface area contributed by atoms with Crippen molar-refractivity contribution in [3.63, 3.8) is 0 Å². The van der Waals surface area contributed by atoms with Crippen molar-refractivity contribution in [3.05, 3.63) is 35.1 Å². The fraction of sp³-hybridized carbons (Fsp3) is 0.357. The van der Waals surface area contributed by atoms with Crippen LogP contribution in [0.25, 0.3) is 0 Å². The Morgan fingerprint density at radius 3 is 2.71 bits per heavy atom. The maximum absolute atomic E-state index is 13.7. The number of sulfone groups is 1. The van der Waals surface area contributed by atoms with Gasteiger partial charge in [0.25, 0.3) is 5.91 Å². The highest BCUT2D eigenvalue weighted by Crippen LogP contribution is 2.09. The largest absolute Gasteiger partial charge is 0.352 e. The van der Waals surface area contributed by atoms with Gasteiger partial charge in [0.2, 0.25) is 0 Å². The molecular weight excluding hydrogens is 295 g/mol. The van der Waals surface area contributed by atoms with Gasteiger partial charge in [-0.3, -0.25) is 4.79 Å². The molecule has 0 saturated carbocycles. The van der Waals surface area contributed by atoms with Crippen LogP contribution in [0, 0.1) is 17.7 Å². The molecule has 0 aliphatic rings.